The predicted octanol–water partition coefficient (Wildman–Crippen LogP) is 1.30. The van der Waals surface area contributed by atoms with Gasteiger partial charge in [0.25, 0.3) is 5.56 Å². The first-order chi connectivity index (χ1) is 8.63. The molecule has 6 heteroatoms. The maximum atomic E-state index is 11.6. The molecule has 0 bridgehead atoms. The number of H-pyrrole nitrogens is 1. The van der Waals surface area contributed by atoms with Gasteiger partial charge in [-0.15, -0.1) is 0 Å². The van der Waals surface area contributed by atoms with Crippen molar-refractivity contribution < 1.29 is 0 Å². The summed E-state index contributed by atoms with van der Waals surface area (Å²) < 4.78 is 0.676. The molecule has 100 valence electrons. The molecule has 0 amide bonds. The van der Waals surface area contributed by atoms with Crippen molar-refractivity contribution in [2.45, 2.75) is 25.8 Å². The van der Waals surface area contributed by atoms with E-state index in [9.17, 15) is 4.79 Å². The Balaban J connectivity index is 2.10. The Morgan fingerprint density at radius 2 is 2.22 bits per heavy atom. The van der Waals surface area contributed by atoms with Gasteiger partial charge in [0.2, 0.25) is 0 Å². The molecule has 1 N–H and O–H groups in total. The zero-order chi connectivity index (χ0) is 13.1. The van der Waals surface area contributed by atoms with Crippen molar-refractivity contribution >= 4 is 28.4 Å². The first kappa shape index (κ1) is 13.8. The molecular formula is C12H19IN4O. The van der Waals surface area contributed by atoms with Crippen LogP contribution in [0.25, 0.3) is 0 Å². The van der Waals surface area contributed by atoms with Crippen LogP contribution in [0.2, 0.25) is 0 Å². The number of hydrogen-bond donors (Lipinski definition) is 1. The minimum atomic E-state index is -0.0570. The molecule has 0 radical (unpaired) electrons. The molecule has 18 heavy (non-hydrogen) atoms. The van der Waals surface area contributed by atoms with Crippen LogP contribution in [0.3, 0.4) is 0 Å². The second-order valence-electron chi connectivity index (χ2n) is 4.65. The number of piperidine rings is 1. The monoisotopic (exact) mass is 362 g/mol. The molecule has 1 saturated heterocycles. The Hall–Kier alpha value is -0.630. The molecule has 0 unspecified atom stereocenters. The molecule has 5 nitrogen and oxygen atoms in total. The molecule has 2 rings (SSSR count). The fourth-order valence-electron chi connectivity index (χ4n) is 2.42. The van der Waals surface area contributed by atoms with Gasteiger partial charge in [0.05, 0.1) is 6.33 Å². The number of hydrogen-bond acceptors (Lipinski definition) is 4. The number of nitrogens with one attached hydrogen (secondary N) is 1. The maximum absolute atomic E-state index is 11.6. The quantitative estimate of drug-likeness (QED) is 0.824. The fraction of sp³-hybridized carbons (Fsp3) is 0.667. The molecule has 0 aliphatic carbocycles. The SMILES string of the molecule is CCN1CCC(N(C)c2nc[nH]c(=O)c2I)CC1. The summed E-state index contributed by atoms with van der Waals surface area (Å²) >= 11 is 2.07. The third-order valence-electron chi connectivity index (χ3n) is 3.66. The lowest BCUT2D eigenvalue weighted by Gasteiger charge is -2.37. The standard InChI is InChI=1S/C12H19IN4O/c1-3-17-6-4-9(5-7-17)16(2)11-10(13)12(18)15-8-14-11/h8-9H,3-7H2,1-2H3,(H,14,15,18). The highest BCUT2D eigenvalue weighted by Crippen LogP contribution is 2.22. The molecule has 2 heterocycles. The summed E-state index contributed by atoms with van der Waals surface area (Å²) in [6.45, 7) is 5.58. The van der Waals surface area contributed by atoms with Crippen molar-refractivity contribution in [3.05, 3.63) is 20.3 Å². The highest BCUT2D eigenvalue weighted by molar-refractivity contribution is 14.1. The van der Waals surface area contributed by atoms with Gasteiger partial charge in [-0.05, 0) is 42.0 Å². The normalized spacial score (nSPS) is 17.9. The van der Waals surface area contributed by atoms with E-state index in [2.05, 4.69) is 49.3 Å². The van der Waals surface area contributed by atoms with Gasteiger partial charge >= 0.3 is 0 Å². The summed E-state index contributed by atoms with van der Waals surface area (Å²) in [6, 6.07) is 0.482. The predicted molar refractivity (Wildman–Crippen MR) is 81.1 cm³/mol. The number of anilines is 1. The Morgan fingerprint density at radius 3 is 2.83 bits per heavy atom. The molecular weight excluding hydrogens is 343 g/mol. The van der Waals surface area contributed by atoms with Crippen molar-refractivity contribution in [1.82, 2.24) is 14.9 Å². The first-order valence-electron chi connectivity index (χ1n) is 6.31. The lowest BCUT2D eigenvalue weighted by atomic mass is 10.0. The van der Waals surface area contributed by atoms with Gasteiger partial charge in [-0.2, -0.15) is 0 Å². The molecule has 1 aromatic heterocycles. The minimum Gasteiger partial charge on any atom is -0.355 e. The van der Waals surface area contributed by atoms with Crippen LogP contribution in [0.4, 0.5) is 5.82 Å². The van der Waals surface area contributed by atoms with Crippen molar-refractivity contribution in [2.75, 3.05) is 31.6 Å². The molecule has 0 saturated carbocycles. The average molecular weight is 362 g/mol. The van der Waals surface area contributed by atoms with Crippen LogP contribution in [0.15, 0.2) is 11.1 Å². The van der Waals surface area contributed by atoms with Crippen molar-refractivity contribution in [3.63, 3.8) is 0 Å². The summed E-state index contributed by atoms with van der Waals surface area (Å²) in [6.07, 6.45) is 3.75. The second kappa shape index (κ2) is 6.01. The Labute approximate surface area is 121 Å². The summed E-state index contributed by atoms with van der Waals surface area (Å²) in [5.74, 6) is 0.800. The largest absolute Gasteiger partial charge is 0.355 e. The van der Waals surface area contributed by atoms with Crippen LogP contribution in [-0.4, -0.2) is 47.6 Å². The maximum Gasteiger partial charge on any atom is 0.266 e. The number of aromatic nitrogens is 2. The average Bonchev–Trinajstić information content (AvgIpc) is 2.41. The summed E-state index contributed by atoms with van der Waals surface area (Å²) in [5.41, 5.74) is -0.0570. The van der Waals surface area contributed by atoms with Gasteiger partial charge in [-0.1, -0.05) is 6.92 Å². The molecule has 1 fully saturated rings. The topological polar surface area (TPSA) is 52.2 Å². The van der Waals surface area contributed by atoms with Crippen LogP contribution in [0.1, 0.15) is 19.8 Å². The van der Waals surface area contributed by atoms with Crippen LogP contribution in [0.5, 0.6) is 0 Å². The van der Waals surface area contributed by atoms with Crippen molar-refractivity contribution in [1.29, 1.82) is 0 Å². The minimum absolute atomic E-state index is 0.0570. The molecule has 0 spiro atoms. The summed E-state index contributed by atoms with van der Waals surface area (Å²) in [5, 5.41) is 0. The highest BCUT2D eigenvalue weighted by atomic mass is 127. The number of aromatic amines is 1. The number of likely N-dealkylation sites (tertiary alicyclic amines) is 1. The van der Waals surface area contributed by atoms with E-state index in [0.717, 1.165) is 38.3 Å². The third kappa shape index (κ3) is 2.85. The van der Waals surface area contributed by atoms with E-state index in [-0.39, 0.29) is 5.56 Å². The smallest absolute Gasteiger partial charge is 0.266 e. The van der Waals surface area contributed by atoms with Crippen LogP contribution >= 0.6 is 22.6 Å². The Kier molecular flexibility index (Phi) is 4.60. The molecule has 1 aliphatic rings. The second-order valence-corrected chi connectivity index (χ2v) is 5.72. The van der Waals surface area contributed by atoms with E-state index < -0.39 is 0 Å². The van der Waals surface area contributed by atoms with Crippen LogP contribution in [0, 0.1) is 3.57 Å². The van der Waals surface area contributed by atoms with E-state index >= 15 is 0 Å². The van der Waals surface area contributed by atoms with Gasteiger partial charge in [0, 0.05) is 26.2 Å². The fourth-order valence-corrected chi connectivity index (χ4v) is 3.09. The molecule has 0 atom stereocenters. The van der Waals surface area contributed by atoms with Gasteiger partial charge in [-0.3, -0.25) is 4.79 Å². The van der Waals surface area contributed by atoms with Gasteiger partial charge in [-0.25, -0.2) is 4.98 Å². The summed E-state index contributed by atoms with van der Waals surface area (Å²) in [4.78, 5) is 23.1. The molecule has 1 aliphatic heterocycles. The Bertz CT molecular complexity index is 454. The van der Waals surface area contributed by atoms with Gasteiger partial charge in [0.15, 0.2) is 0 Å². The number of halogens is 1. The van der Waals surface area contributed by atoms with E-state index in [4.69, 9.17) is 0 Å². The summed E-state index contributed by atoms with van der Waals surface area (Å²) in [7, 11) is 2.04. The highest BCUT2D eigenvalue weighted by Gasteiger charge is 2.24. The third-order valence-corrected chi connectivity index (χ3v) is 4.64. The first-order valence-corrected chi connectivity index (χ1v) is 7.39. The lowest BCUT2D eigenvalue weighted by molar-refractivity contribution is 0.220. The molecule has 0 aromatic carbocycles. The van der Waals surface area contributed by atoms with Crippen LogP contribution < -0.4 is 10.5 Å². The number of rotatable bonds is 3. The lowest BCUT2D eigenvalue weighted by Crippen LogP contribution is -2.44. The van der Waals surface area contributed by atoms with E-state index in [1.807, 2.05) is 7.05 Å². The zero-order valence-electron chi connectivity index (χ0n) is 10.8. The van der Waals surface area contributed by atoms with Gasteiger partial charge < -0.3 is 14.8 Å². The van der Waals surface area contributed by atoms with Crippen molar-refractivity contribution in [2.24, 2.45) is 0 Å². The molecule has 1 aromatic rings. The zero-order valence-corrected chi connectivity index (χ0v) is 13.0. The Morgan fingerprint density at radius 1 is 1.56 bits per heavy atom. The van der Waals surface area contributed by atoms with Gasteiger partial charge in [0.1, 0.15) is 9.39 Å². The van der Waals surface area contributed by atoms with Crippen molar-refractivity contribution in [3.8, 4) is 0 Å². The number of nitrogens with zero attached hydrogens (tertiary/aromatic N) is 3. The van der Waals surface area contributed by atoms with E-state index in [1.165, 1.54) is 6.33 Å². The van der Waals surface area contributed by atoms with E-state index in [0.29, 0.717) is 9.61 Å². The van der Waals surface area contributed by atoms with Crippen LogP contribution in [-0.2, 0) is 0 Å². The van der Waals surface area contributed by atoms with E-state index in [1.54, 1.807) is 0 Å².